The van der Waals surface area contributed by atoms with Crippen LogP contribution in [0.5, 0.6) is 0 Å². The van der Waals surface area contributed by atoms with E-state index in [2.05, 4.69) is 21.2 Å². The third-order valence-corrected chi connectivity index (χ3v) is 3.18. The Balaban J connectivity index is 2.77. The molecule has 0 aliphatic rings. The van der Waals surface area contributed by atoms with Crippen LogP contribution in [0.3, 0.4) is 0 Å². The Bertz CT molecular complexity index is 431. The molecule has 0 bridgehead atoms. The Morgan fingerprint density at radius 2 is 1.88 bits per heavy atom. The number of hydrogen-bond acceptors (Lipinski definition) is 4. The van der Waals surface area contributed by atoms with Crippen LogP contribution in [0.4, 0.5) is 0 Å². The highest BCUT2D eigenvalue weighted by Gasteiger charge is 2.24. The van der Waals surface area contributed by atoms with E-state index in [1.165, 1.54) is 11.3 Å². The van der Waals surface area contributed by atoms with E-state index in [0.29, 0.717) is 5.56 Å². The van der Waals surface area contributed by atoms with Gasteiger partial charge >= 0.3 is 0 Å². The van der Waals surface area contributed by atoms with Crippen LogP contribution >= 0.6 is 27.3 Å². The predicted octanol–water partition coefficient (Wildman–Crippen LogP) is -0.420. The first kappa shape index (κ1) is 12.7. The standard InChI is InChI=1S/C8H8BrN3O3S/c9-4-1-3(2-16-4)8(15)12-5(6(10)13)7(11)14/h1-2,5H,(H2,10,13)(H2,11,14)(H,12,15). The fraction of sp³-hybridized carbons (Fsp3) is 0.125. The molecular weight excluding hydrogens is 298 g/mol. The van der Waals surface area contributed by atoms with E-state index in [4.69, 9.17) is 11.5 Å². The molecule has 6 nitrogen and oxygen atoms in total. The third kappa shape index (κ3) is 3.04. The molecule has 16 heavy (non-hydrogen) atoms. The summed E-state index contributed by atoms with van der Waals surface area (Å²) in [5, 5.41) is 3.71. The first-order valence-electron chi connectivity index (χ1n) is 4.05. The summed E-state index contributed by atoms with van der Waals surface area (Å²) in [7, 11) is 0. The summed E-state index contributed by atoms with van der Waals surface area (Å²) >= 11 is 4.48. The average molecular weight is 306 g/mol. The van der Waals surface area contributed by atoms with Gasteiger partial charge in [0.1, 0.15) is 0 Å². The molecule has 0 unspecified atom stereocenters. The van der Waals surface area contributed by atoms with Crippen LogP contribution in [-0.2, 0) is 9.59 Å². The van der Waals surface area contributed by atoms with Crippen molar-refractivity contribution in [1.82, 2.24) is 5.32 Å². The number of nitrogens with one attached hydrogen (secondary N) is 1. The zero-order valence-electron chi connectivity index (χ0n) is 7.90. The summed E-state index contributed by atoms with van der Waals surface area (Å²) in [6.45, 7) is 0. The zero-order chi connectivity index (χ0) is 12.3. The molecule has 0 atom stereocenters. The third-order valence-electron chi connectivity index (χ3n) is 1.67. The van der Waals surface area contributed by atoms with E-state index in [1.54, 1.807) is 11.4 Å². The lowest BCUT2D eigenvalue weighted by atomic mass is 10.2. The van der Waals surface area contributed by atoms with Crippen molar-refractivity contribution in [3.63, 3.8) is 0 Å². The van der Waals surface area contributed by atoms with E-state index in [9.17, 15) is 14.4 Å². The maximum Gasteiger partial charge on any atom is 0.253 e. The van der Waals surface area contributed by atoms with Gasteiger partial charge in [0, 0.05) is 5.38 Å². The van der Waals surface area contributed by atoms with Gasteiger partial charge in [-0.25, -0.2) is 0 Å². The van der Waals surface area contributed by atoms with Crippen LogP contribution < -0.4 is 16.8 Å². The molecule has 0 aromatic carbocycles. The Hall–Kier alpha value is -1.41. The van der Waals surface area contributed by atoms with Gasteiger partial charge in [-0.1, -0.05) is 0 Å². The molecule has 5 N–H and O–H groups in total. The number of halogens is 1. The van der Waals surface area contributed by atoms with E-state index in [0.717, 1.165) is 3.79 Å². The van der Waals surface area contributed by atoms with Gasteiger partial charge in [-0.05, 0) is 22.0 Å². The Morgan fingerprint density at radius 1 is 1.31 bits per heavy atom. The van der Waals surface area contributed by atoms with Gasteiger partial charge in [-0.15, -0.1) is 11.3 Å². The fourth-order valence-electron chi connectivity index (χ4n) is 0.926. The molecular formula is C8H8BrN3O3S. The number of amides is 3. The van der Waals surface area contributed by atoms with E-state index in [1.807, 2.05) is 0 Å². The van der Waals surface area contributed by atoms with Crippen molar-refractivity contribution in [2.75, 3.05) is 0 Å². The first-order chi connectivity index (χ1) is 7.41. The highest BCUT2D eigenvalue weighted by Crippen LogP contribution is 2.20. The van der Waals surface area contributed by atoms with Crippen molar-refractivity contribution in [3.05, 3.63) is 20.8 Å². The van der Waals surface area contributed by atoms with Crippen molar-refractivity contribution >= 4 is 45.0 Å². The molecule has 0 fully saturated rings. The van der Waals surface area contributed by atoms with Gasteiger partial charge in [0.05, 0.1) is 9.35 Å². The lowest BCUT2D eigenvalue weighted by molar-refractivity contribution is -0.128. The lowest BCUT2D eigenvalue weighted by Crippen LogP contribution is -2.52. The summed E-state index contributed by atoms with van der Waals surface area (Å²) in [4.78, 5) is 33.2. The molecule has 0 saturated carbocycles. The van der Waals surface area contributed by atoms with E-state index in [-0.39, 0.29) is 0 Å². The van der Waals surface area contributed by atoms with Gasteiger partial charge < -0.3 is 16.8 Å². The monoisotopic (exact) mass is 305 g/mol. The largest absolute Gasteiger partial charge is 0.367 e. The Labute approximate surface area is 103 Å². The van der Waals surface area contributed by atoms with E-state index < -0.39 is 23.8 Å². The van der Waals surface area contributed by atoms with Crippen LogP contribution in [-0.4, -0.2) is 23.8 Å². The second kappa shape index (κ2) is 5.08. The fourth-order valence-corrected chi connectivity index (χ4v) is 2.06. The van der Waals surface area contributed by atoms with Crippen LogP contribution in [0.2, 0.25) is 0 Å². The molecule has 0 aliphatic heterocycles. The number of primary amides is 2. The summed E-state index contributed by atoms with van der Waals surface area (Å²) in [5.74, 6) is -2.56. The highest BCUT2D eigenvalue weighted by molar-refractivity contribution is 9.11. The minimum absolute atomic E-state index is 0.323. The topological polar surface area (TPSA) is 115 Å². The molecule has 0 saturated heterocycles. The van der Waals surface area contributed by atoms with Gasteiger partial charge in [0.15, 0.2) is 6.04 Å². The highest BCUT2D eigenvalue weighted by atomic mass is 79.9. The maximum atomic E-state index is 11.5. The molecule has 0 radical (unpaired) electrons. The summed E-state index contributed by atoms with van der Waals surface area (Å²) in [6.07, 6.45) is 0. The van der Waals surface area contributed by atoms with Crippen molar-refractivity contribution in [3.8, 4) is 0 Å². The molecule has 86 valence electrons. The Morgan fingerprint density at radius 3 is 2.25 bits per heavy atom. The first-order valence-corrected chi connectivity index (χ1v) is 5.72. The summed E-state index contributed by atoms with van der Waals surface area (Å²) < 4.78 is 0.757. The molecule has 1 aromatic heterocycles. The molecule has 3 amide bonds. The van der Waals surface area contributed by atoms with Crippen molar-refractivity contribution < 1.29 is 14.4 Å². The maximum absolute atomic E-state index is 11.5. The lowest BCUT2D eigenvalue weighted by Gasteiger charge is -2.10. The van der Waals surface area contributed by atoms with Crippen LogP contribution in [0.25, 0.3) is 0 Å². The summed E-state index contributed by atoms with van der Waals surface area (Å²) in [5.41, 5.74) is 10.1. The van der Waals surface area contributed by atoms with Crippen molar-refractivity contribution in [2.45, 2.75) is 6.04 Å². The number of nitrogens with two attached hydrogens (primary N) is 2. The normalized spacial score (nSPS) is 10.1. The van der Waals surface area contributed by atoms with Crippen LogP contribution in [0.1, 0.15) is 10.4 Å². The van der Waals surface area contributed by atoms with Gasteiger partial charge in [-0.3, -0.25) is 14.4 Å². The zero-order valence-corrected chi connectivity index (χ0v) is 10.3. The van der Waals surface area contributed by atoms with Gasteiger partial charge in [0.2, 0.25) is 11.8 Å². The number of carbonyl (C=O) groups is 3. The van der Waals surface area contributed by atoms with Crippen molar-refractivity contribution in [1.29, 1.82) is 0 Å². The SMILES string of the molecule is NC(=O)C(NC(=O)c1csc(Br)c1)C(N)=O. The predicted molar refractivity (Wildman–Crippen MR) is 61.7 cm³/mol. The Kier molecular flexibility index (Phi) is 4.02. The van der Waals surface area contributed by atoms with Crippen LogP contribution in [0, 0.1) is 0 Å². The minimum atomic E-state index is -1.49. The molecule has 0 aliphatic carbocycles. The molecule has 0 spiro atoms. The average Bonchev–Trinajstić information content (AvgIpc) is 2.59. The van der Waals surface area contributed by atoms with E-state index >= 15 is 0 Å². The second-order valence-electron chi connectivity index (χ2n) is 2.85. The van der Waals surface area contributed by atoms with Crippen LogP contribution in [0.15, 0.2) is 15.2 Å². The molecule has 8 heteroatoms. The van der Waals surface area contributed by atoms with Gasteiger partial charge in [0.25, 0.3) is 5.91 Å². The minimum Gasteiger partial charge on any atom is -0.367 e. The number of carbonyl (C=O) groups excluding carboxylic acids is 3. The second-order valence-corrected chi connectivity index (χ2v) is 5.14. The van der Waals surface area contributed by atoms with Gasteiger partial charge in [-0.2, -0.15) is 0 Å². The smallest absolute Gasteiger partial charge is 0.253 e. The molecule has 1 aromatic rings. The number of hydrogen-bond donors (Lipinski definition) is 3. The van der Waals surface area contributed by atoms with Crippen molar-refractivity contribution in [2.24, 2.45) is 11.5 Å². The quantitative estimate of drug-likeness (QED) is 0.656. The number of thiophene rings is 1. The molecule has 1 heterocycles. The summed E-state index contributed by atoms with van der Waals surface area (Å²) in [6, 6.07) is 0.0603. The number of rotatable bonds is 4. The molecule has 1 rings (SSSR count).